The van der Waals surface area contributed by atoms with Crippen molar-refractivity contribution in [3.05, 3.63) is 0 Å². The van der Waals surface area contributed by atoms with Crippen molar-refractivity contribution in [1.82, 2.24) is 9.34 Å². The molecule has 0 unspecified atom stereocenters. The molecule has 16 heavy (non-hydrogen) atoms. The third kappa shape index (κ3) is 3.07. The maximum atomic E-state index is 5.86. The molecule has 0 amide bonds. The molecule has 1 aliphatic heterocycles. The van der Waals surface area contributed by atoms with Crippen molar-refractivity contribution in [1.29, 1.82) is 0 Å². The van der Waals surface area contributed by atoms with Gasteiger partial charge in [-0.05, 0) is 54.9 Å². The summed E-state index contributed by atoms with van der Waals surface area (Å²) in [6.45, 7) is 16.2. The Morgan fingerprint density at radius 1 is 1.06 bits per heavy atom. The average Bonchev–Trinajstić information content (AvgIpc) is 1.97. The van der Waals surface area contributed by atoms with Crippen LogP contribution in [0.1, 0.15) is 54.9 Å². The molecule has 0 bridgehead atoms. The molecule has 0 aromatic heterocycles. The molecule has 0 radical (unpaired) electrons. The third-order valence-electron chi connectivity index (χ3n) is 3.18. The van der Waals surface area contributed by atoms with Gasteiger partial charge in [0.15, 0.2) is 0 Å². The van der Waals surface area contributed by atoms with Crippen LogP contribution in [0.25, 0.3) is 0 Å². The van der Waals surface area contributed by atoms with E-state index in [1.54, 1.807) is 0 Å². The molecular formula is C12H27N2PS. The van der Waals surface area contributed by atoms with E-state index in [1.165, 1.54) is 6.42 Å². The lowest BCUT2D eigenvalue weighted by molar-refractivity contribution is 0.134. The van der Waals surface area contributed by atoms with Gasteiger partial charge in [0, 0.05) is 23.7 Å². The molecule has 1 rings (SSSR count). The molecule has 4 heteroatoms. The van der Waals surface area contributed by atoms with Crippen molar-refractivity contribution in [2.24, 2.45) is 0 Å². The van der Waals surface area contributed by atoms with E-state index in [-0.39, 0.29) is 11.1 Å². The predicted octanol–water partition coefficient (Wildman–Crippen LogP) is 3.49. The summed E-state index contributed by atoms with van der Waals surface area (Å²) in [6, 6.07) is 0.630. The first-order valence-electron chi connectivity index (χ1n) is 6.16. The van der Waals surface area contributed by atoms with E-state index in [9.17, 15) is 0 Å². The van der Waals surface area contributed by atoms with Gasteiger partial charge in [-0.25, -0.2) is 0 Å². The summed E-state index contributed by atoms with van der Waals surface area (Å²) in [5, 5.41) is 0. The van der Waals surface area contributed by atoms with Gasteiger partial charge in [0.2, 0.25) is 0 Å². The molecular weight excluding hydrogens is 235 g/mol. The maximum absolute atomic E-state index is 5.86. The second-order valence-corrected chi connectivity index (χ2v) is 9.47. The number of rotatable bonds is 0. The molecule has 0 aliphatic carbocycles. The molecule has 2 nitrogen and oxygen atoms in total. The highest BCUT2D eigenvalue weighted by molar-refractivity contribution is 8.03. The molecule has 1 saturated heterocycles. The molecule has 0 aromatic rings. The van der Waals surface area contributed by atoms with E-state index >= 15 is 0 Å². The molecule has 1 aliphatic rings. The van der Waals surface area contributed by atoms with Crippen LogP contribution in [-0.4, -0.2) is 33.0 Å². The quantitative estimate of drug-likeness (QED) is 0.617. The van der Waals surface area contributed by atoms with Crippen LogP contribution in [0.3, 0.4) is 0 Å². The zero-order chi connectivity index (χ0) is 12.7. The average molecular weight is 262 g/mol. The summed E-state index contributed by atoms with van der Waals surface area (Å²) >= 11 is 5.86. The van der Waals surface area contributed by atoms with Gasteiger partial charge in [0.25, 0.3) is 0 Å². The smallest absolute Gasteiger partial charge is 0.0664 e. The van der Waals surface area contributed by atoms with Gasteiger partial charge < -0.3 is 0 Å². The lowest BCUT2D eigenvalue weighted by Crippen LogP contribution is -2.52. The molecule has 1 heterocycles. The second kappa shape index (κ2) is 4.68. The first-order chi connectivity index (χ1) is 7.05. The van der Waals surface area contributed by atoms with Crippen molar-refractivity contribution in [3.63, 3.8) is 0 Å². The standard InChI is InChI=1S/C12H27N2PS/c1-10-8-9-13(11(2,3)4)15(16)14(10)12(5,6)7/h10,15H,8-9H2,1-7H3/t10-/m1/s1. The van der Waals surface area contributed by atoms with E-state index in [0.717, 1.165) is 6.54 Å². The van der Waals surface area contributed by atoms with Crippen molar-refractivity contribution < 1.29 is 0 Å². The fourth-order valence-electron chi connectivity index (χ4n) is 2.43. The molecule has 96 valence electrons. The lowest BCUT2D eigenvalue weighted by atomic mass is 10.0. The van der Waals surface area contributed by atoms with Gasteiger partial charge in [-0.15, -0.1) is 0 Å². The summed E-state index contributed by atoms with van der Waals surface area (Å²) in [6.07, 6.45) is 1.24. The van der Waals surface area contributed by atoms with Crippen LogP contribution in [0.4, 0.5) is 0 Å². The summed E-state index contributed by atoms with van der Waals surface area (Å²) in [5.41, 5.74) is 0.402. The zero-order valence-corrected chi connectivity index (χ0v) is 13.6. The summed E-state index contributed by atoms with van der Waals surface area (Å²) in [5.74, 6) is 0. The predicted molar refractivity (Wildman–Crippen MR) is 77.8 cm³/mol. The fourth-order valence-corrected chi connectivity index (χ4v) is 7.12. The lowest BCUT2D eigenvalue weighted by Gasteiger charge is -2.52. The van der Waals surface area contributed by atoms with Crippen LogP contribution in [-0.2, 0) is 11.8 Å². The Balaban J connectivity index is 2.97. The van der Waals surface area contributed by atoms with Crippen molar-refractivity contribution in [2.45, 2.75) is 72.0 Å². The minimum atomic E-state index is -0.983. The Morgan fingerprint density at radius 3 is 1.94 bits per heavy atom. The highest BCUT2D eigenvalue weighted by Crippen LogP contribution is 2.48. The summed E-state index contributed by atoms with van der Waals surface area (Å²) < 4.78 is 5.11. The first-order valence-corrected chi connectivity index (χ1v) is 8.69. The van der Waals surface area contributed by atoms with Crippen LogP contribution in [0.15, 0.2) is 0 Å². The molecule has 0 saturated carbocycles. The molecule has 1 fully saturated rings. The van der Waals surface area contributed by atoms with E-state index in [4.69, 9.17) is 11.8 Å². The van der Waals surface area contributed by atoms with Gasteiger partial charge in [-0.1, -0.05) is 11.8 Å². The highest BCUT2D eigenvalue weighted by atomic mass is 32.4. The SMILES string of the molecule is C[C@@H]1CCN(C(C)(C)C)[P@H](=S)N1C(C)(C)C. The first kappa shape index (κ1) is 14.6. The summed E-state index contributed by atoms with van der Waals surface area (Å²) in [7, 11) is 0. The Kier molecular flexibility index (Phi) is 4.28. The number of nitrogens with zero attached hydrogens (tertiary/aromatic N) is 2. The van der Waals surface area contributed by atoms with Crippen LogP contribution in [0.5, 0.6) is 0 Å². The minimum Gasteiger partial charge on any atom is -0.261 e. The zero-order valence-electron chi connectivity index (χ0n) is 11.8. The second-order valence-electron chi connectivity index (χ2n) is 6.78. The van der Waals surface area contributed by atoms with E-state index < -0.39 is 7.00 Å². The van der Waals surface area contributed by atoms with Gasteiger partial charge in [0.1, 0.15) is 0 Å². The third-order valence-corrected chi connectivity index (χ3v) is 7.31. The van der Waals surface area contributed by atoms with E-state index in [1.807, 2.05) is 0 Å². The molecule has 0 spiro atoms. The van der Waals surface area contributed by atoms with Gasteiger partial charge >= 0.3 is 0 Å². The number of hydrogen-bond donors (Lipinski definition) is 0. The van der Waals surface area contributed by atoms with Crippen molar-refractivity contribution in [2.75, 3.05) is 6.54 Å². The van der Waals surface area contributed by atoms with Crippen LogP contribution in [0, 0.1) is 0 Å². The van der Waals surface area contributed by atoms with Gasteiger partial charge in [-0.2, -0.15) is 0 Å². The monoisotopic (exact) mass is 262 g/mol. The molecule has 2 atom stereocenters. The van der Waals surface area contributed by atoms with Gasteiger partial charge in [0.05, 0.1) is 7.00 Å². The van der Waals surface area contributed by atoms with Gasteiger partial charge in [-0.3, -0.25) is 9.34 Å². The van der Waals surface area contributed by atoms with Crippen molar-refractivity contribution in [3.8, 4) is 0 Å². The minimum absolute atomic E-state index is 0.194. The number of hydrogen-bond acceptors (Lipinski definition) is 1. The molecule has 0 aromatic carbocycles. The molecule has 0 N–H and O–H groups in total. The van der Waals surface area contributed by atoms with E-state index in [2.05, 4.69) is 57.8 Å². The Morgan fingerprint density at radius 2 is 1.56 bits per heavy atom. The topological polar surface area (TPSA) is 6.48 Å². The largest absolute Gasteiger partial charge is 0.261 e. The van der Waals surface area contributed by atoms with E-state index in [0.29, 0.717) is 6.04 Å². The fraction of sp³-hybridized carbons (Fsp3) is 1.00. The Hall–Kier alpha value is 0.570. The highest BCUT2D eigenvalue weighted by Gasteiger charge is 2.38. The van der Waals surface area contributed by atoms with Crippen LogP contribution < -0.4 is 0 Å². The van der Waals surface area contributed by atoms with Crippen LogP contribution in [0.2, 0.25) is 0 Å². The Labute approximate surface area is 107 Å². The summed E-state index contributed by atoms with van der Waals surface area (Å²) in [4.78, 5) is 0. The van der Waals surface area contributed by atoms with Crippen LogP contribution >= 0.6 is 7.00 Å². The normalized spacial score (nSPS) is 30.7. The Bertz CT molecular complexity index is 278. The van der Waals surface area contributed by atoms with Crippen molar-refractivity contribution >= 4 is 18.8 Å². The maximum Gasteiger partial charge on any atom is 0.0664 e.